The second kappa shape index (κ2) is 8.54. The molecule has 6 heteroatoms. The molecule has 1 aliphatic heterocycles. The van der Waals surface area contributed by atoms with E-state index in [9.17, 15) is 0 Å². The summed E-state index contributed by atoms with van der Waals surface area (Å²) in [6.07, 6.45) is 5.65. The average Bonchev–Trinajstić information content (AvgIpc) is 2.47. The second-order valence-corrected chi connectivity index (χ2v) is 6.89. The number of piperazine rings is 1. The van der Waals surface area contributed by atoms with Gasteiger partial charge in [0, 0.05) is 52.4 Å². The second-order valence-electron chi connectivity index (χ2n) is 5.74. The lowest BCUT2D eigenvalue weighted by Crippen LogP contribution is -2.55. The topological polar surface area (TPSA) is 27.7 Å². The monoisotopic (exact) mass is 317 g/mol. The molecule has 0 amide bonds. The first-order valence-electron chi connectivity index (χ1n) is 7.66. The van der Waals surface area contributed by atoms with E-state index in [4.69, 9.17) is 17.0 Å². The normalized spacial score (nSPS) is 29.3. The maximum Gasteiger partial charge on any atom is 0.130 e. The van der Waals surface area contributed by atoms with Crippen molar-refractivity contribution in [3.8, 4) is 0 Å². The number of rotatable bonds is 5. The van der Waals surface area contributed by atoms with Gasteiger partial charge in [0.2, 0.25) is 0 Å². The summed E-state index contributed by atoms with van der Waals surface area (Å²) < 4.78 is 6.28. The number of hydrogen-bond donors (Lipinski definition) is 2. The number of nitrogens with one attached hydrogen (secondary N) is 1. The quantitative estimate of drug-likeness (QED) is 0.590. The van der Waals surface area contributed by atoms with E-state index in [-0.39, 0.29) is 0 Å². The fourth-order valence-electron chi connectivity index (χ4n) is 3.41. The third kappa shape index (κ3) is 4.84. The van der Waals surface area contributed by atoms with E-state index in [1.54, 1.807) is 0 Å². The molecule has 2 fully saturated rings. The van der Waals surface area contributed by atoms with Crippen molar-refractivity contribution in [1.29, 1.82) is 0 Å². The minimum absolute atomic E-state index is 0.443. The van der Waals surface area contributed by atoms with Gasteiger partial charge in [-0.25, -0.2) is 0 Å². The van der Waals surface area contributed by atoms with E-state index in [1.165, 1.54) is 25.7 Å². The van der Waals surface area contributed by atoms with Crippen LogP contribution in [-0.4, -0.2) is 72.6 Å². The minimum atomic E-state index is 0.443. The highest BCUT2D eigenvalue weighted by atomic mass is 32.1. The molecule has 116 valence electrons. The maximum absolute atomic E-state index is 5.69. The summed E-state index contributed by atoms with van der Waals surface area (Å²) in [5.74, 6) is 0. The lowest BCUT2D eigenvalue weighted by molar-refractivity contribution is -0.0268. The third-order valence-electron chi connectivity index (χ3n) is 4.55. The summed E-state index contributed by atoms with van der Waals surface area (Å²) in [6.45, 7) is 6.56. The molecule has 2 atom stereocenters. The van der Waals surface area contributed by atoms with Gasteiger partial charge in [0.25, 0.3) is 0 Å². The molecule has 0 aromatic rings. The molecule has 1 saturated heterocycles. The Balaban J connectivity index is 1.71. The molecule has 1 saturated carbocycles. The molecule has 1 N–H and O–H groups in total. The van der Waals surface area contributed by atoms with Crippen molar-refractivity contribution in [2.24, 2.45) is 0 Å². The van der Waals surface area contributed by atoms with Crippen LogP contribution in [0.3, 0.4) is 0 Å². The van der Waals surface area contributed by atoms with Crippen molar-refractivity contribution in [3.63, 3.8) is 0 Å². The van der Waals surface area contributed by atoms with E-state index < -0.39 is 0 Å². The molecular weight excluding hydrogens is 290 g/mol. The largest absolute Gasteiger partial charge is 0.380 e. The Bertz CT molecular complexity index is 309. The Labute approximate surface area is 133 Å². The van der Waals surface area contributed by atoms with Gasteiger partial charge in [-0.05, 0) is 12.8 Å². The molecule has 0 aromatic heterocycles. The van der Waals surface area contributed by atoms with E-state index >= 15 is 0 Å². The van der Waals surface area contributed by atoms with Crippen LogP contribution in [0.5, 0.6) is 0 Å². The summed E-state index contributed by atoms with van der Waals surface area (Å²) >= 11 is 8.99. The zero-order chi connectivity index (χ0) is 14.4. The molecule has 0 spiro atoms. The van der Waals surface area contributed by atoms with Gasteiger partial charge in [0.15, 0.2) is 0 Å². The Kier molecular flexibility index (Phi) is 7.04. The minimum Gasteiger partial charge on any atom is -0.380 e. The molecule has 4 nitrogen and oxygen atoms in total. The Morgan fingerprint density at radius 3 is 2.60 bits per heavy atom. The zero-order valence-corrected chi connectivity index (χ0v) is 14.1. The van der Waals surface area contributed by atoms with Crippen molar-refractivity contribution in [3.05, 3.63) is 0 Å². The van der Waals surface area contributed by atoms with Crippen LogP contribution in [0.4, 0.5) is 0 Å². The predicted molar refractivity (Wildman–Crippen MR) is 90.7 cm³/mol. The number of methoxy groups -OCH3 is 1. The Morgan fingerprint density at radius 2 is 1.95 bits per heavy atom. The molecule has 20 heavy (non-hydrogen) atoms. The van der Waals surface area contributed by atoms with Gasteiger partial charge in [-0.15, -0.1) is 12.6 Å². The first-order valence-corrected chi connectivity index (χ1v) is 8.52. The predicted octanol–water partition coefficient (Wildman–Crippen LogP) is 1.37. The lowest BCUT2D eigenvalue weighted by atomic mass is 9.91. The summed E-state index contributed by atoms with van der Waals surface area (Å²) in [7, 11) is 1.87. The van der Waals surface area contributed by atoms with Gasteiger partial charge < -0.3 is 10.1 Å². The molecular formula is C14H27N3OS2. The number of hydrogen-bond acceptors (Lipinski definition) is 4. The van der Waals surface area contributed by atoms with Gasteiger partial charge in [-0.1, -0.05) is 25.1 Å². The molecule has 2 aliphatic rings. The first kappa shape index (κ1) is 16.5. The Morgan fingerprint density at radius 1 is 1.25 bits per heavy atom. The van der Waals surface area contributed by atoms with E-state index in [2.05, 4.69) is 27.7 Å². The smallest absolute Gasteiger partial charge is 0.130 e. The van der Waals surface area contributed by atoms with Gasteiger partial charge in [-0.3, -0.25) is 9.80 Å². The SMILES string of the molecule is COC1CCCCC1N1CCN(CCNC(=S)S)CC1. The molecule has 0 aromatic carbocycles. The summed E-state index contributed by atoms with van der Waals surface area (Å²) in [4.78, 5) is 5.14. The molecule has 1 heterocycles. The molecule has 2 unspecified atom stereocenters. The number of thiocarbonyl (C=S) groups is 1. The van der Waals surface area contributed by atoms with Crippen LogP contribution in [-0.2, 0) is 4.74 Å². The number of nitrogens with zero attached hydrogens (tertiary/aromatic N) is 2. The van der Waals surface area contributed by atoms with Crippen LogP contribution in [0.1, 0.15) is 25.7 Å². The van der Waals surface area contributed by atoms with Crippen molar-refractivity contribution >= 4 is 29.2 Å². The highest BCUT2D eigenvalue weighted by Gasteiger charge is 2.31. The van der Waals surface area contributed by atoms with Crippen molar-refractivity contribution < 1.29 is 4.74 Å². The number of ether oxygens (including phenoxy) is 1. The van der Waals surface area contributed by atoms with Crippen LogP contribution < -0.4 is 5.32 Å². The van der Waals surface area contributed by atoms with Gasteiger partial charge >= 0.3 is 0 Å². The average molecular weight is 318 g/mol. The van der Waals surface area contributed by atoms with Gasteiger partial charge in [0.1, 0.15) is 4.32 Å². The number of thiol groups is 1. The fourth-order valence-corrected chi connectivity index (χ4v) is 3.62. The van der Waals surface area contributed by atoms with Crippen molar-refractivity contribution in [2.75, 3.05) is 46.4 Å². The van der Waals surface area contributed by atoms with Gasteiger partial charge in [-0.2, -0.15) is 0 Å². The van der Waals surface area contributed by atoms with E-state index in [0.29, 0.717) is 16.5 Å². The first-order chi connectivity index (χ1) is 9.70. The van der Waals surface area contributed by atoms with Crippen LogP contribution in [0.25, 0.3) is 0 Å². The Hall–Kier alpha value is 0.120. The van der Waals surface area contributed by atoms with Crippen LogP contribution >= 0.6 is 24.8 Å². The highest BCUT2D eigenvalue weighted by molar-refractivity contribution is 8.11. The molecule has 0 bridgehead atoms. The summed E-state index contributed by atoms with van der Waals surface area (Å²) in [6, 6.07) is 0.638. The van der Waals surface area contributed by atoms with Crippen molar-refractivity contribution in [2.45, 2.75) is 37.8 Å². The fraction of sp³-hybridized carbons (Fsp3) is 0.929. The summed E-state index contributed by atoms with van der Waals surface area (Å²) in [5.41, 5.74) is 0. The van der Waals surface area contributed by atoms with Crippen LogP contribution in [0.2, 0.25) is 0 Å². The third-order valence-corrected chi connectivity index (χ3v) is 4.85. The highest BCUT2D eigenvalue weighted by Crippen LogP contribution is 2.26. The van der Waals surface area contributed by atoms with Gasteiger partial charge in [0.05, 0.1) is 6.10 Å². The van der Waals surface area contributed by atoms with Crippen molar-refractivity contribution in [1.82, 2.24) is 15.1 Å². The van der Waals surface area contributed by atoms with E-state index in [0.717, 1.165) is 39.3 Å². The molecule has 0 radical (unpaired) electrons. The van der Waals surface area contributed by atoms with Crippen LogP contribution in [0, 0.1) is 0 Å². The zero-order valence-electron chi connectivity index (χ0n) is 12.4. The molecule has 2 rings (SSSR count). The standard InChI is InChI=1S/C14H27N3OS2/c1-18-13-5-3-2-4-12(13)17-10-8-16(9-11-17)7-6-15-14(19)20/h12-13H,2-11H2,1H3,(H2,15,19,20). The summed E-state index contributed by atoms with van der Waals surface area (Å²) in [5, 5.41) is 3.10. The lowest BCUT2D eigenvalue weighted by Gasteiger charge is -2.43. The van der Waals surface area contributed by atoms with Crippen LogP contribution in [0.15, 0.2) is 0 Å². The maximum atomic E-state index is 5.69. The molecule has 1 aliphatic carbocycles. The van der Waals surface area contributed by atoms with E-state index in [1.807, 2.05) is 7.11 Å².